The fourth-order valence-electron chi connectivity index (χ4n) is 3.08. The minimum atomic E-state index is 0.0697. The molecule has 1 aromatic carbocycles. The molecule has 5 heteroatoms. The molecule has 0 N–H and O–H groups in total. The first-order valence-electron chi connectivity index (χ1n) is 7.58. The Bertz CT molecular complexity index is 867. The molecule has 1 aliphatic heterocycles. The molecule has 0 saturated heterocycles. The molecule has 2 aromatic heterocycles. The number of aryl methyl sites for hydroxylation is 1. The second-order valence-electron chi connectivity index (χ2n) is 5.77. The molecule has 1 atom stereocenters. The predicted octanol–water partition coefficient (Wildman–Crippen LogP) is 4.77. The summed E-state index contributed by atoms with van der Waals surface area (Å²) >= 11 is 3.15. The molecule has 1 aliphatic rings. The summed E-state index contributed by atoms with van der Waals surface area (Å²) in [4.78, 5) is 21.5. The van der Waals surface area contributed by atoms with Crippen LogP contribution in [0, 0.1) is 6.92 Å². The number of thiophene rings is 1. The van der Waals surface area contributed by atoms with Gasteiger partial charge in [-0.15, -0.1) is 22.7 Å². The van der Waals surface area contributed by atoms with Crippen LogP contribution in [0.4, 0.5) is 5.69 Å². The molecule has 0 bridgehead atoms. The van der Waals surface area contributed by atoms with E-state index in [9.17, 15) is 4.79 Å². The van der Waals surface area contributed by atoms with E-state index in [0.717, 1.165) is 32.6 Å². The van der Waals surface area contributed by atoms with Crippen molar-refractivity contribution in [2.75, 3.05) is 4.90 Å². The first-order chi connectivity index (χ1) is 11.1. The zero-order valence-electron chi connectivity index (χ0n) is 12.9. The summed E-state index contributed by atoms with van der Waals surface area (Å²) < 4.78 is 0. The Labute approximate surface area is 143 Å². The number of fused-ring (bicyclic) bond motifs is 1. The van der Waals surface area contributed by atoms with E-state index in [-0.39, 0.29) is 11.9 Å². The molecule has 3 nitrogen and oxygen atoms in total. The summed E-state index contributed by atoms with van der Waals surface area (Å²) in [5, 5.41) is 2.97. The van der Waals surface area contributed by atoms with Crippen molar-refractivity contribution in [3.63, 3.8) is 0 Å². The Morgan fingerprint density at radius 3 is 2.87 bits per heavy atom. The van der Waals surface area contributed by atoms with Crippen molar-refractivity contribution in [1.29, 1.82) is 0 Å². The van der Waals surface area contributed by atoms with E-state index in [4.69, 9.17) is 0 Å². The smallest absolute Gasteiger partial charge is 0.270 e. The maximum Gasteiger partial charge on any atom is 0.270 e. The lowest BCUT2D eigenvalue weighted by molar-refractivity contribution is 0.0984. The van der Waals surface area contributed by atoms with Gasteiger partial charge >= 0.3 is 0 Å². The summed E-state index contributed by atoms with van der Waals surface area (Å²) in [5.74, 6) is 0.0697. The third kappa shape index (κ3) is 2.40. The van der Waals surface area contributed by atoms with Crippen molar-refractivity contribution >= 4 is 34.3 Å². The average molecular weight is 340 g/mol. The van der Waals surface area contributed by atoms with Crippen LogP contribution in [0.15, 0.2) is 41.8 Å². The van der Waals surface area contributed by atoms with Crippen molar-refractivity contribution in [3.8, 4) is 9.88 Å². The fourth-order valence-corrected chi connectivity index (χ4v) is 4.89. The van der Waals surface area contributed by atoms with E-state index in [0.29, 0.717) is 0 Å². The highest BCUT2D eigenvalue weighted by atomic mass is 32.1. The Hall–Kier alpha value is -1.98. The lowest BCUT2D eigenvalue weighted by atomic mass is 10.1. The van der Waals surface area contributed by atoms with Gasteiger partial charge in [-0.2, -0.15) is 0 Å². The molecule has 0 aliphatic carbocycles. The minimum Gasteiger partial charge on any atom is -0.304 e. The molecule has 0 saturated carbocycles. The topological polar surface area (TPSA) is 33.2 Å². The second-order valence-corrected chi connectivity index (χ2v) is 7.71. The monoisotopic (exact) mass is 340 g/mol. The largest absolute Gasteiger partial charge is 0.304 e. The summed E-state index contributed by atoms with van der Waals surface area (Å²) in [5.41, 5.74) is 3.10. The number of benzene rings is 1. The lowest BCUT2D eigenvalue weighted by Crippen LogP contribution is -2.35. The number of carbonyl (C=O) groups is 1. The summed E-state index contributed by atoms with van der Waals surface area (Å²) in [6.07, 6.45) is 0.914. The van der Waals surface area contributed by atoms with Gasteiger partial charge in [-0.1, -0.05) is 24.3 Å². The van der Waals surface area contributed by atoms with Gasteiger partial charge in [0.25, 0.3) is 5.91 Å². The van der Waals surface area contributed by atoms with Gasteiger partial charge in [-0.05, 0) is 43.3 Å². The van der Waals surface area contributed by atoms with Crippen LogP contribution in [0.2, 0.25) is 0 Å². The number of amides is 1. The Balaban J connectivity index is 1.73. The minimum absolute atomic E-state index is 0.0697. The van der Waals surface area contributed by atoms with E-state index in [1.54, 1.807) is 11.3 Å². The van der Waals surface area contributed by atoms with Gasteiger partial charge in [0.1, 0.15) is 9.88 Å². The highest BCUT2D eigenvalue weighted by Gasteiger charge is 2.33. The first-order valence-corrected chi connectivity index (χ1v) is 9.27. The summed E-state index contributed by atoms with van der Waals surface area (Å²) in [6.45, 7) is 4.03. The van der Waals surface area contributed by atoms with Gasteiger partial charge in [-0.25, -0.2) is 4.98 Å². The van der Waals surface area contributed by atoms with Crippen LogP contribution >= 0.6 is 22.7 Å². The highest BCUT2D eigenvalue weighted by molar-refractivity contribution is 7.22. The van der Waals surface area contributed by atoms with Crippen molar-refractivity contribution in [2.45, 2.75) is 26.3 Å². The zero-order chi connectivity index (χ0) is 16.0. The predicted molar refractivity (Wildman–Crippen MR) is 96.6 cm³/mol. The molecular formula is C18H16N2OS2. The van der Waals surface area contributed by atoms with Gasteiger partial charge in [-0.3, -0.25) is 4.79 Å². The molecular weight excluding hydrogens is 324 g/mol. The number of nitrogens with zero attached hydrogens (tertiary/aromatic N) is 2. The Morgan fingerprint density at radius 1 is 1.26 bits per heavy atom. The first kappa shape index (κ1) is 14.6. The van der Waals surface area contributed by atoms with Gasteiger partial charge in [0.15, 0.2) is 0 Å². The molecule has 0 unspecified atom stereocenters. The van der Waals surface area contributed by atoms with Crippen molar-refractivity contribution in [2.24, 2.45) is 0 Å². The van der Waals surface area contributed by atoms with Gasteiger partial charge in [0.2, 0.25) is 0 Å². The molecule has 0 fully saturated rings. The van der Waals surface area contributed by atoms with Gasteiger partial charge in [0.05, 0.1) is 10.6 Å². The van der Waals surface area contributed by atoms with Crippen LogP contribution in [0.3, 0.4) is 0 Å². The fraction of sp³-hybridized carbons (Fsp3) is 0.222. The number of para-hydroxylation sites is 1. The van der Waals surface area contributed by atoms with Crippen LogP contribution in [-0.2, 0) is 6.42 Å². The molecule has 23 heavy (non-hydrogen) atoms. The SMILES string of the molecule is Cc1nc(-c2cccs2)sc1C(=O)N1c2ccccc2C[C@H]1C. The van der Waals surface area contributed by atoms with E-state index in [1.165, 1.54) is 16.9 Å². The highest BCUT2D eigenvalue weighted by Crippen LogP contribution is 2.36. The quantitative estimate of drug-likeness (QED) is 0.673. The Kier molecular flexibility index (Phi) is 3.54. The lowest BCUT2D eigenvalue weighted by Gasteiger charge is -2.22. The Morgan fingerprint density at radius 2 is 2.09 bits per heavy atom. The molecule has 116 valence electrons. The molecule has 0 radical (unpaired) electrons. The maximum absolute atomic E-state index is 13.1. The normalized spacial score (nSPS) is 16.6. The van der Waals surface area contributed by atoms with Crippen molar-refractivity contribution < 1.29 is 4.79 Å². The zero-order valence-corrected chi connectivity index (χ0v) is 14.6. The van der Waals surface area contributed by atoms with Crippen LogP contribution < -0.4 is 4.90 Å². The number of hydrogen-bond donors (Lipinski definition) is 0. The third-order valence-corrected chi connectivity index (χ3v) is 6.33. The number of anilines is 1. The summed E-state index contributed by atoms with van der Waals surface area (Å²) in [7, 11) is 0. The van der Waals surface area contributed by atoms with Gasteiger partial charge in [0, 0.05) is 11.7 Å². The standard InChI is InChI=1S/C18H16N2OS2/c1-11-10-13-6-3-4-7-14(13)20(11)18(21)16-12(2)19-17(23-16)15-8-5-9-22-15/h3-9,11H,10H2,1-2H3/t11-/m1/s1. The van der Waals surface area contributed by atoms with Crippen molar-refractivity contribution in [1.82, 2.24) is 4.98 Å². The van der Waals surface area contributed by atoms with Crippen LogP contribution in [-0.4, -0.2) is 16.9 Å². The van der Waals surface area contributed by atoms with Crippen molar-refractivity contribution in [3.05, 3.63) is 57.9 Å². The second kappa shape index (κ2) is 5.58. The van der Waals surface area contributed by atoms with E-state index < -0.39 is 0 Å². The molecule has 3 heterocycles. The maximum atomic E-state index is 13.1. The van der Waals surface area contributed by atoms with E-state index in [1.807, 2.05) is 47.5 Å². The van der Waals surface area contributed by atoms with Gasteiger partial charge < -0.3 is 4.90 Å². The molecule has 1 amide bonds. The van der Waals surface area contributed by atoms with E-state index >= 15 is 0 Å². The molecule has 4 rings (SSSR count). The van der Waals surface area contributed by atoms with Crippen LogP contribution in [0.25, 0.3) is 9.88 Å². The average Bonchev–Trinajstić information content (AvgIpc) is 3.23. The van der Waals surface area contributed by atoms with Crippen LogP contribution in [0.5, 0.6) is 0 Å². The number of aromatic nitrogens is 1. The number of thiazole rings is 1. The van der Waals surface area contributed by atoms with E-state index in [2.05, 4.69) is 18.0 Å². The number of hydrogen-bond acceptors (Lipinski definition) is 4. The number of carbonyl (C=O) groups excluding carboxylic acids is 1. The van der Waals surface area contributed by atoms with Crippen LogP contribution in [0.1, 0.15) is 27.9 Å². The molecule has 0 spiro atoms. The third-order valence-electron chi connectivity index (χ3n) is 4.15. The summed E-state index contributed by atoms with van der Waals surface area (Å²) in [6, 6.07) is 12.4. The number of rotatable bonds is 2. The molecule has 3 aromatic rings.